The summed E-state index contributed by atoms with van der Waals surface area (Å²) in [6.45, 7) is 7.02. The molecular formula is C12H23NO. The number of nitrogens with zero attached hydrogens (tertiary/aromatic N) is 1. The Hall–Kier alpha value is -0.530. The molecule has 82 valence electrons. The van der Waals surface area contributed by atoms with Crippen molar-refractivity contribution >= 4 is 5.91 Å². The first-order chi connectivity index (χ1) is 6.78. The number of hydrogen-bond donors (Lipinski definition) is 0. The summed E-state index contributed by atoms with van der Waals surface area (Å²) in [5, 5.41) is 0. The van der Waals surface area contributed by atoms with Crippen molar-refractivity contribution in [3.05, 3.63) is 0 Å². The maximum atomic E-state index is 11.6. The molecular weight excluding hydrogens is 174 g/mol. The van der Waals surface area contributed by atoms with Crippen molar-refractivity contribution < 1.29 is 4.79 Å². The number of rotatable bonds is 1. The predicted octanol–water partition coefficient (Wildman–Crippen LogP) is 2.97. The third-order valence-electron chi connectivity index (χ3n) is 3.51. The van der Waals surface area contributed by atoms with Crippen molar-refractivity contribution in [3.8, 4) is 0 Å². The third-order valence-corrected chi connectivity index (χ3v) is 3.51. The van der Waals surface area contributed by atoms with Crippen LogP contribution in [-0.2, 0) is 4.79 Å². The van der Waals surface area contributed by atoms with Crippen LogP contribution < -0.4 is 0 Å². The maximum absolute atomic E-state index is 11.6. The van der Waals surface area contributed by atoms with E-state index in [1.807, 2.05) is 13.8 Å². The molecule has 1 aliphatic heterocycles. The van der Waals surface area contributed by atoms with E-state index in [2.05, 4.69) is 11.8 Å². The number of likely N-dealkylation sites (tertiary alicyclic amines) is 1. The number of carbonyl (C=O) groups excluding carboxylic acids is 1. The first kappa shape index (κ1) is 11.5. The predicted molar refractivity (Wildman–Crippen MR) is 59.2 cm³/mol. The topological polar surface area (TPSA) is 20.3 Å². The standard InChI is InChI=1S/C10H17NO.C2H6/c1-2-11-9(12)5-3-6-10(11)7-4-8-10;1-2/h2-8H2,1H3;1-2H3. The smallest absolute Gasteiger partial charge is 0.223 e. The Balaban J connectivity index is 0.000000461. The molecule has 1 aliphatic carbocycles. The van der Waals surface area contributed by atoms with Crippen LogP contribution in [0.2, 0.25) is 0 Å². The van der Waals surface area contributed by atoms with Gasteiger partial charge in [0, 0.05) is 18.5 Å². The van der Waals surface area contributed by atoms with E-state index in [1.54, 1.807) is 0 Å². The fraction of sp³-hybridized carbons (Fsp3) is 0.917. The SMILES string of the molecule is CC.CCN1C(=O)CCCC12CCC2. The lowest BCUT2D eigenvalue weighted by Gasteiger charge is -2.52. The van der Waals surface area contributed by atoms with Gasteiger partial charge in [0.1, 0.15) is 0 Å². The molecule has 0 N–H and O–H groups in total. The lowest BCUT2D eigenvalue weighted by atomic mass is 9.70. The first-order valence-corrected chi connectivity index (χ1v) is 6.09. The fourth-order valence-electron chi connectivity index (χ4n) is 2.72. The Bertz CT molecular complexity index is 196. The zero-order valence-electron chi connectivity index (χ0n) is 9.81. The normalized spacial score (nSPS) is 23.9. The second kappa shape index (κ2) is 4.81. The second-order valence-electron chi connectivity index (χ2n) is 4.07. The zero-order valence-corrected chi connectivity index (χ0v) is 9.81. The minimum absolute atomic E-state index is 0.323. The molecule has 2 aliphatic rings. The molecule has 0 radical (unpaired) electrons. The summed E-state index contributed by atoms with van der Waals surface area (Å²) in [6.07, 6.45) is 7.00. The zero-order chi connectivity index (χ0) is 10.6. The Kier molecular flexibility index (Phi) is 3.97. The molecule has 0 unspecified atom stereocenters. The number of hydrogen-bond acceptors (Lipinski definition) is 1. The maximum Gasteiger partial charge on any atom is 0.223 e. The van der Waals surface area contributed by atoms with E-state index in [-0.39, 0.29) is 0 Å². The van der Waals surface area contributed by atoms with E-state index in [1.165, 1.54) is 25.7 Å². The van der Waals surface area contributed by atoms with Crippen LogP contribution in [0.15, 0.2) is 0 Å². The molecule has 14 heavy (non-hydrogen) atoms. The quantitative estimate of drug-likeness (QED) is 0.633. The molecule has 1 saturated heterocycles. The number of piperidine rings is 1. The summed E-state index contributed by atoms with van der Waals surface area (Å²) >= 11 is 0. The van der Waals surface area contributed by atoms with Gasteiger partial charge in [-0.3, -0.25) is 4.79 Å². The van der Waals surface area contributed by atoms with Crippen LogP contribution in [0.4, 0.5) is 0 Å². The molecule has 2 nitrogen and oxygen atoms in total. The average Bonchev–Trinajstić information content (AvgIpc) is 2.18. The van der Waals surface area contributed by atoms with Crippen molar-refractivity contribution in [1.29, 1.82) is 0 Å². The van der Waals surface area contributed by atoms with E-state index < -0.39 is 0 Å². The Labute approximate surface area is 87.7 Å². The minimum atomic E-state index is 0.323. The molecule has 1 amide bonds. The van der Waals surface area contributed by atoms with Gasteiger partial charge in [-0.05, 0) is 39.0 Å². The highest BCUT2D eigenvalue weighted by Crippen LogP contribution is 2.44. The molecule has 1 spiro atoms. The lowest BCUT2D eigenvalue weighted by molar-refractivity contribution is -0.146. The van der Waals surface area contributed by atoms with E-state index in [4.69, 9.17) is 0 Å². The summed E-state index contributed by atoms with van der Waals surface area (Å²) in [7, 11) is 0. The van der Waals surface area contributed by atoms with Crippen molar-refractivity contribution in [2.75, 3.05) is 6.54 Å². The lowest BCUT2D eigenvalue weighted by Crippen LogP contribution is -2.58. The molecule has 2 rings (SSSR count). The second-order valence-corrected chi connectivity index (χ2v) is 4.07. The summed E-state index contributed by atoms with van der Waals surface area (Å²) in [5.41, 5.74) is 0.323. The number of amides is 1. The van der Waals surface area contributed by atoms with Crippen LogP contribution in [-0.4, -0.2) is 22.9 Å². The Morgan fingerprint density at radius 1 is 1.21 bits per heavy atom. The largest absolute Gasteiger partial charge is 0.337 e. The van der Waals surface area contributed by atoms with Crippen LogP contribution in [0, 0.1) is 0 Å². The molecule has 0 aromatic rings. The van der Waals surface area contributed by atoms with Crippen LogP contribution in [0.25, 0.3) is 0 Å². The van der Waals surface area contributed by atoms with Gasteiger partial charge in [0.15, 0.2) is 0 Å². The third kappa shape index (κ3) is 1.79. The average molecular weight is 197 g/mol. The van der Waals surface area contributed by atoms with Crippen molar-refractivity contribution in [3.63, 3.8) is 0 Å². The van der Waals surface area contributed by atoms with Gasteiger partial charge >= 0.3 is 0 Å². The van der Waals surface area contributed by atoms with Gasteiger partial charge in [-0.1, -0.05) is 13.8 Å². The van der Waals surface area contributed by atoms with Gasteiger partial charge in [0.2, 0.25) is 5.91 Å². The van der Waals surface area contributed by atoms with Crippen LogP contribution >= 0.6 is 0 Å². The van der Waals surface area contributed by atoms with Crippen molar-refractivity contribution in [1.82, 2.24) is 4.90 Å². The molecule has 2 heteroatoms. The van der Waals surface area contributed by atoms with E-state index in [9.17, 15) is 4.79 Å². The van der Waals surface area contributed by atoms with Gasteiger partial charge in [0.25, 0.3) is 0 Å². The molecule has 0 bridgehead atoms. The van der Waals surface area contributed by atoms with E-state index >= 15 is 0 Å². The van der Waals surface area contributed by atoms with Gasteiger partial charge in [0.05, 0.1) is 0 Å². The summed E-state index contributed by atoms with van der Waals surface area (Å²) in [6, 6.07) is 0. The molecule has 0 aromatic heterocycles. The van der Waals surface area contributed by atoms with Gasteiger partial charge < -0.3 is 4.90 Å². The van der Waals surface area contributed by atoms with Crippen molar-refractivity contribution in [2.45, 2.75) is 64.8 Å². The van der Waals surface area contributed by atoms with E-state index in [0.717, 1.165) is 19.4 Å². The summed E-state index contributed by atoms with van der Waals surface area (Å²) in [5.74, 6) is 0.392. The van der Waals surface area contributed by atoms with E-state index in [0.29, 0.717) is 11.4 Å². The molecule has 0 atom stereocenters. The monoisotopic (exact) mass is 197 g/mol. The van der Waals surface area contributed by atoms with Gasteiger partial charge in [-0.15, -0.1) is 0 Å². The van der Waals surface area contributed by atoms with Crippen LogP contribution in [0.5, 0.6) is 0 Å². The van der Waals surface area contributed by atoms with Crippen LogP contribution in [0.1, 0.15) is 59.3 Å². The molecule has 2 fully saturated rings. The van der Waals surface area contributed by atoms with Crippen LogP contribution in [0.3, 0.4) is 0 Å². The minimum Gasteiger partial charge on any atom is -0.337 e. The van der Waals surface area contributed by atoms with Gasteiger partial charge in [-0.2, -0.15) is 0 Å². The van der Waals surface area contributed by atoms with Gasteiger partial charge in [-0.25, -0.2) is 0 Å². The highest BCUT2D eigenvalue weighted by atomic mass is 16.2. The Morgan fingerprint density at radius 2 is 1.79 bits per heavy atom. The highest BCUT2D eigenvalue weighted by molar-refractivity contribution is 5.78. The van der Waals surface area contributed by atoms with Crippen molar-refractivity contribution in [2.24, 2.45) is 0 Å². The molecule has 0 aromatic carbocycles. The molecule has 1 saturated carbocycles. The Morgan fingerprint density at radius 3 is 2.14 bits per heavy atom. The highest BCUT2D eigenvalue weighted by Gasteiger charge is 2.45. The number of carbonyl (C=O) groups is 1. The summed E-state index contributed by atoms with van der Waals surface area (Å²) < 4.78 is 0. The fourth-order valence-corrected chi connectivity index (χ4v) is 2.72. The summed E-state index contributed by atoms with van der Waals surface area (Å²) in [4.78, 5) is 13.7. The molecule has 1 heterocycles. The first-order valence-electron chi connectivity index (χ1n) is 6.09.